The highest BCUT2D eigenvalue weighted by molar-refractivity contribution is 9.10. The van der Waals surface area contributed by atoms with Crippen molar-refractivity contribution in [1.29, 1.82) is 0 Å². The molecule has 0 saturated carbocycles. The van der Waals surface area contributed by atoms with E-state index in [2.05, 4.69) is 30.6 Å². The number of sulfonamides is 1. The van der Waals surface area contributed by atoms with Crippen molar-refractivity contribution < 1.29 is 13.5 Å². The van der Waals surface area contributed by atoms with E-state index in [0.29, 0.717) is 21.6 Å². The Bertz CT molecular complexity index is 750. The van der Waals surface area contributed by atoms with Gasteiger partial charge in [0.25, 0.3) is 0 Å². The number of halogens is 1. The first-order chi connectivity index (χ1) is 9.92. The number of aromatic nitrogens is 2. The fraction of sp³-hybridized carbons (Fsp3) is 0.231. The van der Waals surface area contributed by atoms with Gasteiger partial charge in [0.2, 0.25) is 10.0 Å². The molecule has 0 aliphatic heterocycles. The van der Waals surface area contributed by atoms with Crippen molar-refractivity contribution in [2.45, 2.75) is 25.0 Å². The Morgan fingerprint density at radius 3 is 2.76 bits per heavy atom. The van der Waals surface area contributed by atoms with Crippen molar-refractivity contribution in [3.63, 3.8) is 0 Å². The van der Waals surface area contributed by atoms with Crippen LogP contribution in [0.2, 0.25) is 0 Å². The Kier molecular flexibility index (Phi) is 5.04. The van der Waals surface area contributed by atoms with E-state index in [1.54, 1.807) is 31.3 Å². The van der Waals surface area contributed by atoms with Crippen LogP contribution in [-0.2, 0) is 23.2 Å². The molecule has 2 aromatic rings. The molecular weight excluding hydrogens is 358 g/mol. The molecule has 0 radical (unpaired) electrons. The van der Waals surface area contributed by atoms with E-state index in [1.165, 1.54) is 6.07 Å². The van der Waals surface area contributed by atoms with E-state index in [0.717, 1.165) is 0 Å². The van der Waals surface area contributed by atoms with Crippen LogP contribution in [0.15, 0.2) is 39.8 Å². The highest BCUT2D eigenvalue weighted by Gasteiger charge is 2.18. The monoisotopic (exact) mass is 371 g/mol. The van der Waals surface area contributed by atoms with Gasteiger partial charge in [-0.3, -0.25) is 0 Å². The van der Waals surface area contributed by atoms with Gasteiger partial charge < -0.3 is 5.11 Å². The molecule has 1 aromatic heterocycles. The van der Waals surface area contributed by atoms with E-state index in [9.17, 15) is 8.42 Å². The lowest BCUT2D eigenvalue weighted by Crippen LogP contribution is -2.24. The summed E-state index contributed by atoms with van der Waals surface area (Å²) in [6.07, 6.45) is 1.58. The molecule has 0 unspecified atom stereocenters. The molecular formula is C13H14BrN3O3S. The quantitative estimate of drug-likeness (QED) is 0.830. The van der Waals surface area contributed by atoms with Gasteiger partial charge in [-0.2, -0.15) is 0 Å². The Balaban J connectivity index is 2.22. The summed E-state index contributed by atoms with van der Waals surface area (Å²) in [6.45, 7) is 1.59. The average molecular weight is 372 g/mol. The molecule has 2 rings (SSSR count). The van der Waals surface area contributed by atoms with Gasteiger partial charge in [-0.05, 0) is 46.6 Å². The van der Waals surface area contributed by atoms with Crippen LogP contribution in [0.4, 0.5) is 0 Å². The average Bonchev–Trinajstić information content (AvgIpc) is 2.46. The van der Waals surface area contributed by atoms with Crippen molar-refractivity contribution in [1.82, 2.24) is 14.7 Å². The standard InChI is InChI=1S/C13H14BrN3O3S/c1-9-15-5-4-11(17-9)7-16-21(19,20)13-6-10(8-18)2-3-12(13)14/h2-6,16,18H,7-8H2,1H3. The molecule has 0 atom stereocenters. The molecule has 1 aromatic carbocycles. The highest BCUT2D eigenvalue weighted by atomic mass is 79.9. The predicted octanol–water partition coefficient (Wildman–Crippen LogP) is 1.52. The first-order valence-electron chi connectivity index (χ1n) is 6.10. The van der Waals surface area contributed by atoms with Crippen LogP contribution in [0, 0.1) is 6.92 Å². The summed E-state index contributed by atoms with van der Waals surface area (Å²) < 4.78 is 27.5. The topological polar surface area (TPSA) is 92.2 Å². The Labute approximate surface area is 131 Å². The maximum absolute atomic E-state index is 12.3. The molecule has 1 heterocycles. The van der Waals surface area contributed by atoms with E-state index in [1.807, 2.05) is 0 Å². The SMILES string of the molecule is Cc1nccc(CNS(=O)(=O)c2cc(CO)ccc2Br)n1. The minimum absolute atomic E-state index is 0.0709. The van der Waals surface area contributed by atoms with E-state index in [4.69, 9.17) is 5.11 Å². The van der Waals surface area contributed by atoms with Gasteiger partial charge in [-0.15, -0.1) is 0 Å². The maximum atomic E-state index is 12.3. The zero-order chi connectivity index (χ0) is 15.5. The summed E-state index contributed by atoms with van der Waals surface area (Å²) in [7, 11) is -3.70. The third-order valence-electron chi connectivity index (χ3n) is 2.74. The fourth-order valence-electron chi connectivity index (χ4n) is 1.70. The molecule has 0 fully saturated rings. The highest BCUT2D eigenvalue weighted by Crippen LogP contribution is 2.23. The zero-order valence-corrected chi connectivity index (χ0v) is 13.6. The summed E-state index contributed by atoms with van der Waals surface area (Å²) in [5.41, 5.74) is 1.11. The van der Waals surface area contributed by atoms with Crippen molar-refractivity contribution in [2.24, 2.45) is 0 Å². The zero-order valence-electron chi connectivity index (χ0n) is 11.2. The molecule has 0 amide bonds. The van der Waals surface area contributed by atoms with Gasteiger partial charge in [0.15, 0.2) is 0 Å². The smallest absolute Gasteiger partial charge is 0.242 e. The van der Waals surface area contributed by atoms with Crippen molar-refractivity contribution in [3.05, 3.63) is 52.0 Å². The first-order valence-corrected chi connectivity index (χ1v) is 8.37. The molecule has 0 spiro atoms. The van der Waals surface area contributed by atoms with Crippen LogP contribution in [-0.4, -0.2) is 23.5 Å². The summed E-state index contributed by atoms with van der Waals surface area (Å²) in [6, 6.07) is 6.32. The molecule has 0 saturated heterocycles. The van der Waals surface area contributed by atoms with Crippen LogP contribution in [0.3, 0.4) is 0 Å². The normalized spacial score (nSPS) is 11.6. The third-order valence-corrected chi connectivity index (χ3v) is 5.14. The summed E-state index contributed by atoms with van der Waals surface area (Å²) in [5, 5.41) is 9.11. The molecule has 112 valence electrons. The molecule has 21 heavy (non-hydrogen) atoms. The maximum Gasteiger partial charge on any atom is 0.242 e. The van der Waals surface area contributed by atoms with Gasteiger partial charge in [0, 0.05) is 10.7 Å². The number of nitrogens with one attached hydrogen (secondary N) is 1. The number of rotatable bonds is 5. The largest absolute Gasteiger partial charge is 0.392 e. The second kappa shape index (κ2) is 6.61. The second-order valence-electron chi connectivity index (χ2n) is 4.34. The summed E-state index contributed by atoms with van der Waals surface area (Å²) >= 11 is 3.21. The third kappa shape index (κ3) is 4.07. The number of aryl methyl sites for hydroxylation is 1. The number of benzene rings is 1. The molecule has 8 heteroatoms. The van der Waals surface area contributed by atoms with Gasteiger partial charge in [-0.25, -0.2) is 23.1 Å². The molecule has 0 bridgehead atoms. The van der Waals surface area contributed by atoms with Crippen LogP contribution >= 0.6 is 15.9 Å². The van der Waals surface area contributed by atoms with Crippen molar-refractivity contribution in [2.75, 3.05) is 0 Å². The van der Waals surface area contributed by atoms with Crippen molar-refractivity contribution >= 4 is 26.0 Å². The van der Waals surface area contributed by atoms with Gasteiger partial charge >= 0.3 is 0 Å². The van der Waals surface area contributed by atoms with E-state index < -0.39 is 10.0 Å². The molecule has 0 aliphatic carbocycles. The number of hydrogen-bond donors (Lipinski definition) is 2. The fourth-order valence-corrected chi connectivity index (χ4v) is 3.71. The van der Waals surface area contributed by atoms with Gasteiger partial charge in [0.1, 0.15) is 5.82 Å². The lowest BCUT2D eigenvalue weighted by atomic mass is 10.2. The minimum Gasteiger partial charge on any atom is -0.392 e. The number of aliphatic hydroxyl groups is 1. The molecule has 0 aliphatic rings. The lowest BCUT2D eigenvalue weighted by Gasteiger charge is -2.09. The lowest BCUT2D eigenvalue weighted by molar-refractivity contribution is 0.281. The Morgan fingerprint density at radius 2 is 2.10 bits per heavy atom. The Hall–Kier alpha value is -1.35. The van der Waals surface area contributed by atoms with Crippen LogP contribution in [0.25, 0.3) is 0 Å². The number of nitrogens with zero attached hydrogens (tertiary/aromatic N) is 2. The minimum atomic E-state index is -3.70. The van der Waals surface area contributed by atoms with E-state index in [-0.39, 0.29) is 18.0 Å². The number of aliphatic hydroxyl groups excluding tert-OH is 1. The Morgan fingerprint density at radius 1 is 1.33 bits per heavy atom. The van der Waals surface area contributed by atoms with Crippen LogP contribution < -0.4 is 4.72 Å². The second-order valence-corrected chi connectivity index (χ2v) is 6.93. The van der Waals surface area contributed by atoms with Gasteiger partial charge in [0.05, 0.1) is 23.7 Å². The number of hydrogen-bond acceptors (Lipinski definition) is 5. The van der Waals surface area contributed by atoms with Gasteiger partial charge in [-0.1, -0.05) is 6.07 Å². The molecule has 6 nitrogen and oxygen atoms in total. The van der Waals surface area contributed by atoms with E-state index >= 15 is 0 Å². The summed E-state index contributed by atoms with van der Waals surface area (Å²) in [5.74, 6) is 0.579. The van der Waals surface area contributed by atoms with Crippen LogP contribution in [0.5, 0.6) is 0 Å². The predicted molar refractivity (Wildman–Crippen MR) is 80.9 cm³/mol. The van der Waals surface area contributed by atoms with Crippen molar-refractivity contribution in [3.8, 4) is 0 Å². The van der Waals surface area contributed by atoms with Crippen LogP contribution in [0.1, 0.15) is 17.1 Å². The molecule has 2 N–H and O–H groups in total. The first kappa shape index (κ1) is 16.0. The summed E-state index contributed by atoms with van der Waals surface area (Å²) in [4.78, 5) is 8.18.